The predicted octanol–water partition coefficient (Wildman–Crippen LogP) is 2.51. The summed E-state index contributed by atoms with van der Waals surface area (Å²) in [5, 5.41) is 0. The maximum absolute atomic E-state index is 12.6. The van der Waals surface area contributed by atoms with Crippen LogP contribution in [0.5, 0.6) is 0 Å². The molecular formula is C13H11F3N6. The number of pyridine rings is 1. The lowest BCUT2D eigenvalue weighted by Crippen LogP contribution is -2.07. The van der Waals surface area contributed by atoms with Crippen LogP contribution >= 0.6 is 0 Å². The van der Waals surface area contributed by atoms with E-state index >= 15 is 0 Å². The summed E-state index contributed by atoms with van der Waals surface area (Å²) in [6.07, 6.45) is -2.01. The van der Waals surface area contributed by atoms with Crippen molar-refractivity contribution < 1.29 is 13.2 Å². The molecule has 0 atom stereocenters. The molecule has 3 heterocycles. The van der Waals surface area contributed by atoms with Crippen molar-refractivity contribution in [3.63, 3.8) is 0 Å². The van der Waals surface area contributed by atoms with Gasteiger partial charge in [0, 0.05) is 18.3 Å². The van der Waals surface area contributed by atoms with Gasteiger partial charge in [-0.3, -0.25) is 4.98 Å². The van der Waals surface area contributed by atoms with Crippen LogP contribution in [-0.4, -0.2) is 24.5 Å². The maximum atomic E-state index is 12.6. The molecule has 0 aromatic carbocycles. The van der Waals surface area contributed by atoms with Gasteiger partial charge in [0.05, 0.1) is 0 Å². The number of halogens is 3. The fourth-order valence-electron chi connectivity index (χ4n) is 2.17. The molecule has 0 radical (unpaired) electrons. The summed E-state index contributed by atoms with van der Waals surface area (Å²) in [4.78, 5) is 15.8. The average Bonchev–Trinajstić information content (AvgIpc) is 2.86. The summed E-state index contributed by atoms with van der Waals surface area (Å²) in [6, 6.07) is 2.25. The molecule has 3 aromatic heterocycles. The van der Waals surface area contributed by atoms with Crippen LogP contribution < -0.4 is 5.73 Å². The Morgan fingerprint density at radius 1 is 1.18 bits per heavy atom. The number of fused-ring (bicyclic) bond motifs is 1. The van der Waals surface area contributed by atoms with Gasteiger partial charge in [0.15, 0.2) is 17.0 Å². The molecule has 0 unspecified atom stereocenters. The highest BCUT2D eigenvalue weighted by atomic mass is 19.4. The first-order valence-corrected chi connectivity index (χ1v) is 6.42. The molecule has 0 fully saturated rings. The number of anilines is 1. The molecule has 6 nitrogen and oxygen atoms in total. The summed E-state index contributed by atoms with van der Waals surface area (Å²) in [7, 11) is 0. The van der Waals surface area contributed by atoms with Crippen molar-refractivity contribution in [2.45, 2.75) is 19.6 Å². The van der Waals surface area contributed by atoms with E-state index in [0.29, 0.717) is 29.1 Å². The zero-order valence-corrected chi connectivity index (χ0v) is 11.5. The van der Waals surface area contributed by atoms with Crippen LogP contribution in [0.3, 0.4) is 0 Å². The second-order valence-corrected chi connectivity index (χ2v) is 4.54. The van der Waals surface area contributed by atoms with Crippen LogP contribution in [0.15, 0.2) is 24.7 Å². The van der Waals surface area contributed by atoms with Crippen molar-refractivity contribution in [3.8, 4) is 11.4 Å². The number of hydrogen-bond donors (Lipinski definition) is 1. The van der Waals surface area contributed by atoms with E-state index in [1.54, 1.807) is 4.57 Å². The number of hydrogen-bond acceptors (Lipinski definition) is 5. The van der Waals surface area contributed by atoms with Crippen LogP contribution in [-0.2, 0) is 12.7 Å². The van der Waals surface area contributed by atoms with Gasteiger partial charge in [-0.15, -0.1) is 0 Å². The maximum Gasteiger partial charge on any atom is 0.433 e. The van der Waals surface area contributed by atoms with Gasteiger partial charge >= 0.3 is 6.18 Å². The average molecular weight is 308 g/mol. The molecule has 0 saturated carbocycles. The molecule has 0 bridgehead atoms. The Hall–Kier alpha value is -2.71. The Kier molecular flexibility index (Phi) is 3.19. The highest BCUT2D eigenvalue weighted by Crippen LogP contribution is 2.30. The Bertz CT molecular complexity index is 822. The van der Waals surface area contributed by atoms with Gasteiger partial charge in [-0.05, 0) is 19.1 Å². The third kappa shape index (κ3) is 2.24. The number of rotatable bonds is 2. The van der Waals surface area contributed by atoms with Crippen LogP contribution in [0, 0.1) is 0 Å². The molecule has 22 heavy (non-hydrogen) atoms. The van der Waals surface area contributed by atoms with Crippen LogP contribution in [0.2, 0.25) is 0 Å². The molecule has 0 amide bonds. The molecule has 0 aliphatic heterocycles. The first kappa shape index (κ1) is 14.2. The molecule has 114 valence electrons. The van der Waals surface area contributed by atoms with Crippen molar-refractivity contribution in [2.24, 2.45) is 0 Å². The van der Waals surface area contributed by atoms with E-state index in [9.17, 15) is 13.2 Å². The second-order valence-electron chi connectivity index (χ2n) is 4.54. The van der Waals surface area contributed by atoms with Crippen molar-refractivity contribution in [1.82, 2.24) is 24.5 Å². The highest BCUT2D eigenvalue weighted by molar-refractivity contribution is 5.85. The van der Waals surface area contributed by atoms with Crippen molar-refractivity contribution in [2.75, 3.05) is 5.73 Å². The van der Waals surface area contributed by atoms with Crippen molar-refractivity contribution in [1.29, 1.82) is 0 Å². The lowest BCUT2D eigenvalue weighted by molar-refractivity contribution is -0.141. The predicted molar refractivity (Wildman–Crippen MR) is 73.6 cm³/mol. The van der Waals surface area contributed by atoms with Crippen LogP contribution in [0.4, 0.5) is 19.0 Å². The van der Waals surface area contributed by atoms with Crippen LogP contribution in [0.25, 0.3) is 22.6 Å². The third-order valence-electron chi connectivity index (χ3n) is 3.19. The first-order chi connectivity index (χ1) is 10.4. The monoisotopic (exact) mass is 308 g/mol. The number of nitrogens with two attached hydrogens (primary N) is 1. The van der Waals surface area contributed by atoms with Gasteiger partial charge in [0.25, 0.3) is 0 Å². The smallest absolute Gasteiger partial charge is 0.382 e. The SMILES string of the molecule is CCn1c(-c2ccc(C(F)(F)F)nc2)nc2c(N)ncnc21. The molecular weight excluding hydrogens is 297 g/mol. The van der Waals surface area contributed by atoms with E-state index in [0.717, 1.165) is 12.3 Å². The number of nitrogen functional groups attached to an aromatic ring is 1. The van der Waals surface area contributed by atoms with E-state index in [-0.39, 0.29) is 5.82 Å². The van der Waals surface area contributed by atoms with E-state index in [2.05, 4.69) is 19.9 Å². The Balaban J connectivity index is 2.16. The number of imidazole rings is 1. The lowest BCUT2D eigenvalue weighted by atomic mass is 10.2. The van der Waals surface area contributed by atoms with E-state index in [4.69, 9.17) is 5.73 Å². The normalized spacial score (nSPS) is 12.0. The van der Waals surface area contributed by atoms with Crippen LogP contribution in [0.1, 0.15) is 12.6 Å². The summed E-state index contributed by atoms with van der Waals surface area (Å²) in [6.45, 7) is 2.41. The topological polar surface area (TPSA) is 82.5 Å². The first-order valence-electron chi connectivity index (χ1n) is 6.42. The molecule has 3 aromatic rings. The molecule has 9 heteroatoms. The van der Waals surface area contributed by atoms with E-state index in [1.165, 1.54) is 12.4 Å². The summed E-state index contributed by atoms with van der Waals surface area (Å²) < 4.78 is 39.5. The molecule has 0 spiro atoms. The Labute approximate surface area is 122 Å². The minimum atomic E-state index is -4.47. The standard InChI is InChI=1S/C13H11F3N6/c1-2-22-11(21-9-10(17)19-6-20-12(9)22)7-3-4-8(18-5-7)13(14,15)16/h3-6H,2H2,1H3,(H2,17,19,20). The molecule has 0 aliphatic carbocycles. The zero-order valence-electron chi connectivity index (χ0n) is 11.5. The number of aryl methyl sites for hydroxylation is 1. The molecule has 3 rings (SSSR count). The third-order valence-corrected chi connectivity index (χ3v) is 3.19. The van der Waals surface area contributed by atoms with Crippen molar-refractivity contribution in [3.05, 3.63) is 30.4 Å². The zero-order chi connectivity index (χ0) is 15.9. The van der Waals surface area contributed by atoms with Gasteiger partial charge in [-0.25, -0.2) is 15.0 Å². The minimum absolute atomic E-state index is 0.221. The molecule has 0 saturated heterocycles. The van der Waals surface area contributed by atoms with E-state index < -0.39 is 11.9 Å². The Morgan fingerprint density at radius 3 is 2.55 bits per heavy atom. The summed E-state index contributed by atoms with van der Waals surface area (Å²) in [5.41, 5.74) is 6.21. The van der Waals surface area contributed by atoms with Crippen molar-refractivity contribution >= 4 is 17.0 Å². The summed E-state index contributed by atoms with van der Waals surface area (Å²) in [5.74, 6) is 0.671. The van der Waals surface area contributed by atoms with Gasteiger partial charge in [0.1, 0.15) is 17.8 Å². The van der Waals surface area contributed by atoms with Gasteiger partial charge in [-0.1, -0.05) is 0 Å². The summed E-state index contributed by atoms with van der Waals surface area (Å²) >= 11 is 0. The van der Waals surface area contributed by atoms with Gasteiger partial charge in [-0.2, -0.15) is 13.2 Å². The minimum Gasteiger partial charge on any atom is -0.382 e. The highest BCUT2D eigenvalue weighted by Gasteiger charge is 2.32. The lowest BCUT2D eigenvalue weighted by Gasteiger charge is -2.07. The second kappa shape index (κ2) is 4.93. The fraction of sp³-hybridized carbons (Fsp3) is 0.231. The Morgan fingerprint density at radius 2 is 1.95 bits per heavy atom. The fourth-order valence-corrected chi connectivity index (χ4v) is 2.17. The molecule has 2 N–H and O–H groups in total. The van der Waals surface area contributed by atoms with E-state index in [1.807, 2.05) is 6.92 Å². The van der Waals surface area contributed by atoms with Gasteiger partial charge < -0.3 is 10.3 Å². The largest absolute Gasteiger partial charge is 0.433 e. The number of alkyl halides is 3. The molecule has 0 aliphatic rings. The number of aromatic nitrogens is 5. The number of nitrogens with zero attached hydrogens (tertiary/aromatic N) is 5. The van der Waals surface area contributed by atoms with Gasteiger partial charge in [0.2, 0.25) is 0 Å². The quantitative estimate of drug-likeness (QED) is 0.786.